The third kappa shape index (κ3) is 6.53. The van der Waals surface area contributed by atoms with Crippen LogP contribution in [0.15, 0.2) is 23.1 Å². The van der Waals surface area contributed by atoms with Gasteiger partial charge in [0.15, 0.2) is 0 Å². The molecule has 0 saturated heterocycles. The molecule has 1 N–H and O–H groups in total. The Morgan fingerprint density at radius 2 is 1.96 bits per heavy atom. The average molecular weight is 395 g/mol. The zero-order chi connectivity index (χ0) is 18.9. The number of methoxy groups -OCH3 is 1. The molecule has 25 heavy (non-hydrogen) atoms. The Balaban J connectivity index is 2.67. The lowest BCUT2D eigenvalue weighted by Crippen LogP contribution is -2.28. The van der Waals surface area contributed by atoms with Crippen LogP contribution in [-0.4, -0.2) is 66.4 Å². The summed E-state index contributed by atoms with van der Waals surface area (Å²) in [6.45, 7) is 1.90. The first-order valence-corrected chi connectivity index (χ1v) is 9.34. The topological polar surface area (TPSA) is 94.2 Å². The molecule has 8 nitrogen and oxygen atoms in total. The molecular formula is C15H23ClN2O6S. The van der Waals surface area contributed by atoms with Crippen molar-refractivity contribution in [3.8, 4) is 0 Å². The van der Waals surface area contributed by atoms with Gasteiger partial charge in [-0.2, -0.15) is 0 Å². The maximum Gasteiger partial charge on any atom is 0.266 e. The molecule has 0 saturated carbocycles. The molecule has 0 aliphatic carbocycles. The van der Waals surface area contributed by atoms with Crippen molar-refractivity contribution < 1.29 is 27.5 Å². The van der Waals surface area contributed by atoms with Gasteiger partial charge in [-0.15, -0.1) is 0 Å². The maximum absolute atomic E-state index is 12.3. The van der Waals surface area contributed by atoms with Gasteiger partial charge in [0.1, 0.15) is 4.90 Å². The summed E-state index contributed by atoms with van der Waals surface area (Å²) in [5.41, 5.74) is 0.188. The summed E-state index contributed by atoms with van der Waals surface area (Å²) in [4.78, 5) is 16.7. The van der Waals surface area contributed by atoms with Crippen LogP contribution in [0.4, 0.5) is 0 Å². The normalized spacial score (nSPS) is 11.7. The third-order valence-corrected chi connectivity index (χ3v) is 5.41. The maximum atomic E-state index is 12.3. The second-order valence-corrected chi connectivity index (χ2v) is 7.27. The van der Waals surface area contributed by atoms with Crippen LogP contribution < -0.4 is 5.32 Å². The molecule has 0 unspecified atom stereocenters. The van der Waals surface area contributed by atoms with Crippen molar-refractivity contribution in [1.29, 1.82) is 0 Å². The van der Waals surface area contributed by atoms with Gasteiger partial charge in [-0.1, -0.05) is 16.1 Å². The number of hydroxylamine groups is 1. The number of nitrogens with one attached hydrogen (secondary N) is 1. The summed E-state index contributed by atoms with van der Waals surface area (Å²) in [5, 5.41) is 2.70. The van der Waals surface area contributed by atoms with E-state index in [0.29, 0.717) is 37.3 Å². The van der Waals surface area contributed by atoms with Crippen LogP contribution in [0.25, 0.3) is 0 Å². The first kappa shape index (κ1) is 21.8. The molecule has 0 atom stereocenters. The van der Waals surface area contributed by atoms with E-state index in [1.54, 1.807) is 7.11 Å². The van der Waals surface area contributed by atoms with E-state index in [1.807, 2.05) is 0 Å². The van der Waals surface area contributed by atoms with Crippen molar-refractivity contribution in [3.63, 3.8) is 0 Å². The number of halogens is 1. The Labute approximate surface area is 153 Å². The Kier molecular flexibility index (Phi) is 9.33. The molecule has 10 heteroatoms. The fourth-order valence-corrected chi connectivity index (χ4v) is 3.28. The van der Waals surface area contributed by atoms with Crippen LogP contribution in [0.5, 0.6) is 0 Å². The van der Waals surface area contributed by atoms with E-state index >= 15 is 0 Å². The van der Waals surface area contributed by atoms with Gasteiger partial charge < -0.3 is 14.8 Å². The van der Waals surface area contributed by atoms with Crippen LogP contribution in [0, 0.1) is 0 Å². The van der Waals surface area contributed by atoms with Gasteiger partial charge in [0.2, 0.25) is 0 Å². The van der Waals surface area contributed by atoms with Gasteiger partial charge >= 0.3 is 0 Å². The quantitative estimate of drug-likeness (QED) is 0.449. The molecule has 0 aliphatic heterocycles. The van der Waals surface area contributed by atoms with E-state index < -0.39 is 15.9 Å². The highest BCUT2D eigenvalue weighted by Crippen LogP contribution is 2.25. The Hall–Kier alpha value is -1.23. The van der Waals surface area contributed by atoms with E-state index in [9.17, 15) is 13.2 Å². The number of amides is 1. The van der Waals surface area contributed by atoms with Crippen LogP contribution in [0.1, 0.15) is 16.8 Å². The van der Waals surface area contributed by atoms with Crippen molar-refractivity contribution in [2.75, 3.05) is 47.6 Å². The lowest BCUT2D eigenvalue weighted by molar-refractivity contribution is -0.0258. The Morgan fingerprint density at radius 3 is 2.60 bits per heavy atom. The number of carbonyl (C=O) groups is 1. The SMILES string of the molecule is COCCOCCCNC(=O)c1ccc(Cl)c(S(=O)(=O)N(C)OC)c1. The third-order valence-electron chi connectivity index (χ3n) is 3.25. The number of rotatable bonds is 11. The molecular weight excluding hydrogens is 372 g/mol. The largest absolute Gasteiger partial charge is 0.382 e. The van der Waals surface area contributed by atoms with E-state index in [4.69, 9.17) is 25.9 Å². The average Bonchev–Trinajstić information content (AvgIpc) is 2.60. The molecule has 1 amide bonds. The van der Waals surface area contributed by atoms with Crippen LogP contribution >= 0.6 is 11.6 Å². The summed E-state index contributed by atoms with van der Waals surface area (Å²) < 4.78 is 35.4. The number of carbonyl (C=O) groups excluding carboxylic acids is 1. The van der Waals surface area contributed by atoms with E-state index in [1.165, 1.54) is 32.4 Å². The zero-order valence-corrected chi connectivity index (χ0v) is 16.0. The summed E-state index contributed by atoms with van der Waals surface area (Å²) >= 11 is 5.95. The molecule has 1 aromatic rings. The molecule has 0 aromatic heterocycles. The predicted molar refractivity (Wildman–Crippen MR) is 93.1 cm³/mol. The first-order chi connectivity index (χ1) is 11.8. The highest BCUT2D eigenvalue weighted by atomic mass is 35.5. The molecule has 0 fully saturated rings. The van der Waals surface area contributed by atoms with Crippen molar-refractivity contribution in [2.24, 2.45) is 0 Å². The van der Waals surface area contributed by atoms with Crippen molar-refractivity contribution in [2.45, 2.75) is 11.3 Å². The summed E-state index contributed by atoms with van der Waals surface area (Å²) in [7, 11) is 0.102. The van der Waals surface area contributed by atoms with Crippen molar-refractivity contribution >= 4 is 27.5 Å². The fourth-order valence-electron chi connectivity index (χ4n) is 1.80. The first-order valence-electron chi connectivity index (χ1n) is 7.52. The van der Waals surface area contributed by atoms with Gasteiger partial charge in [0, 0.05) is 32.9 Å². The van der Waals surface area contributed by atoms with E-state index in [0.717, 1.165) is 0 Å². The molecule has 1 aromatic carbocycles. The summed E-state index contributed by atoms with van der Waals surface area (Å²) in [6.07, 6.45) is 0.626. The predicted octanol–water partition coefficient (Wildman–Crippen LogP) is 1.30. The Bertz CT molecular complexity index is 668. The number of hydrogen-bond acceptors (Lipinski definition) is 6. The summed E-state index contributed by atoms with van der Waals surface area (Å²) in [5.74, 6) is -0.398. The highest BCUT2D eigenvalue weighted by molar-refractivity contribution is 7.89. The van der Waals surface area contributed by atoms with Gasteiger partial charge in [-0.05, 0) is 24.6 Å². The zero-order valence-electron chi connectivity index (χ0n) is 14.5. The number of hydrogen-bond donors (Lipinski definition) is 1. The molecule has 0 radical (unpaired) electrons. The van der Waals surface area contributed by atoms with Crippen LogP contribution in [0.3, 0.4) is 0 Å². The molecule has 1 rings (SSSR count). The fraction of sp³-hybridized carbons (Fsp3) is 0.533. The smallest absolute Gasteiger partial charge is 0.266 e. The van der Waals surface area contributed by atoms with Crippen LogP contribution in [0.2, 0.25) is 5.02 Å². The minimum absolute atomic E-state index is 0.00648. The van der Waals surface area contributed by atoms with Gasteiger partial charge in [-0.3, -0.25) is 9.63 Å². The number of sulfonamides is 1. The van der Waals surface area contributed by atoms with Crippen LogP contribution in [-0.2, 0) is 24.3 Å². The Morgan fingerprint density at radius 1 is 1.24 bits per heavy atom. The number of ether oxygens (including phenoxy) is 2. The minimum Gasteiger partial charge on any atom is -0.382 e. The number of benzene rings is 1. The molecule has 0 heterocycles. The van der Waals surface area contributed by atoms with Crippen molar-refractivity contribution in [1.82, 2.24) is 9.79 Å². The summed E-state index contributed by atoms with van der Waals surface area (Å²) in [6, 6.07) is 4.04. The highest BCUT2D eigenvalue weighted by Gasteiger charge is 2.25. The molecule has 0 spiro atoms. The van der Waals surface area contributed by atoms with E-state index in [2.05, 4.69) is 5.32 Å². The molecule has 0 aliphatic rings. The standard InChI is InChI=1S/C15H23ClN2O6S/c1-18(23-3)25(20,21)14-11-12(5-6-13(14)16)15(19)17-7-4-8-24-10-9-22-2/h5-6,11H,4,7-10H2,1-3H3,(H,17,19). The van der Waals surface area contributed by atoms with Gasteiger partial charge in [0.25, 0.3) is 15.9 Å². The molecule has 142 valence electrons. The lowest BCUT2D eigenvalue weighted by atomic mass is 10.2. The van der Waals surface area contributed by atoms with E-state index in [-0.39, 0.29) is 15.5 Å². The minimum atomic E-state index is -3.95. The second-order valence-electron chi connectivity index (χ2n) is 4.96. The van der Waals surface area contributed by atoms with Gasteiger partial charge in [0.05, 0.1) is 25.3 Å². The van der Waals surface area contributed by atoms with Crippen molar-refractivity contribution in [3.05, 3.63) is 28.8 Å². The molecule has 0 bridgehead atoms. The number of nitrogens with zero attached hydrogens (tertiary/aromatic N) is 1. The lowest BCUT2D eigenvalue weighted by Gasteiger charge is -2.15. The second kappa shape index (κ2) is 10.7. The van der Waals surface area contributed by atoms with Gasteiger partial charge in [-0.25, -0.2) is 8.42 Å². The monoisotopic (exact) mass is 394 g/mol.